The number of carbonyl (C=O) groups is 1. The summed E-state index contributed by atoms with van der Waals surface area (Å²) in [6, 6.07) is 14.1. The quantitative estimate of drug-likeness (QED) is 0.429. The van der Waals surface area contributed by atoms with E-state index in [1.807, 2.05) is 25.1 Å². The molecule has 0 fully saturated rings. The molecule has 0 saturated carbocycles. The first-order valence-corrected chi connectivity index (χ1v) is 10.2. The number of nitrogens with one attached hydrogen (secondary N) is 2. The molecule has 1 aromatic heterocycles. The van der Waals surface area contributed by atoms with Crippen LogP contribution in [-0.2, 0) is 17.0 Å². The molecule has 1 heterocycles. The third-order valence-electron chi connectivity index (χ3n) is 3.92. The zero-order valence-electron chi connectivity index (χ0n) is 15.0. The van der Waals surface area contributed by atoms with Crippen LogP contribution >= 0.6 is 35.0 Å². The average Bonchev–Trinajstić information content (AvgIpc) is 2.63. The van der Waals surface area contributed by atoms with Crippen molar-refractivity contribution in [3.8, 4) is 0 Å². The van der Waals surface area contributed by atoms with Crippen molar-refractivity contribution in [3.63, 3.8) is 0 Å². The molecular weight excluding hydrogens is 417 g/mol. The highest BCUT2D eigenvalue weighted by Crippen LogP contribution is 2.23. The molecule has 0 unspecified atom stereocenters. The van der Waals surface area contributed by atoms with Crippen LogP contribution < -0.4 is 10.9 Å². The number of H-pyrrole nitrogens is 1. The van der Waals surface area contributed by atoms with E-state index in [0.717, 1.165) is 11.1 Å². The predicted octanol–water partition coefficient (Wildman–Crippen LogP) is 4.86. The van der Waals surface area contributed by atoms with Gasteiger partial charge in [0.05, 0.1) is 12.1 Å². The Labute approximate surface area is 176 Å². The van der Waals surface area contributed by atoms with Gasteiger partial charge in [0, 0.05) is 27.6 Å². The van der Waals surface area contributed by atoms with Gasteiger partial charge >= 0.3 is 0 Å². The minimum Gasteiger partial charge on any atom is -0.325 e. The molecule has 3 rings (SSSR count). The van der Waals surface area contributed by atoms with Gasteiger partial charge in [-0.25, -0.2) is 4.98 Å². The van der Waals surface area contributed by atoms with Crippen LogP contribution in [0.1, 0.15) is 16.8 Å². The topological polar surface area (TPSA) is 74.8 Å². The largest absolute Gasteiger partial charge is 0.325 e. The van der Waals surface area contributed by atoms with Crippen molar-refractivity contribution >= 4 is 46.6 Å². The molecule has 8 heteroatoms. The monoisotopic (exact) mass is 433 g/mol. The summed E-state index contributed by atoms with van der Waals surface area (Å²) >= 11 is 13.4. The van der Waals surface area contributed by atoms with Crippen LogP contribution in [0, 0.1) is 6.92 Å². The molecule has 2 aromatic carbocycles. The van der Waals surface area contributed by atoms with Crippen LogP contribution in [0.5, 0.6) is 0 Å². The highest BCUT2D eigenvalue weighted by molar-refractivity contribution is 7.98. The van der Waals surface area contributed by atoms with E-state index in [1.54, 1.807) is 24.3 Å². The summed E-state index contributed by atoms with van der Waals surface area (Å²) in [6.07, 6.45) is -0.0133. The first-order valence-electron chi connectivity index (χ1n) is 8.43. The number of hydrogen-bond donors (Lipinski definition) is 2. The molecule has 5 nitrogen and oxygen atoms in total. The van der Waals surface area contributed by atoms with Gasteiger partial charge in [-0.05, 0) is 42.3 Å². The Morgan fingerprint density at radius 3 is 2.75 bits per heavy atom. The van der Waals surface area contributed by atoms with Crippen LogP contribution in [0.25, 0.3) is 0 Å². The zero-order valence-corrected chi connectivity index (χ0v) is 17.3. The Morgan fingerprint density at radius 2 is 1.96 bits per heavy atom. The first-order chi connectivity index (χ1) is 13.4. The van der Waals surface area contributed by atoms with Gasteiger partial charge in [0.15, 0.2) is 5.16 Å². The van der Waals surface area contributed by atoms with Crippen LogP contribution in [-0.4, -0.2) is 15.9 Å². The summed E-state index contributed by atoms with van der Waals surface area (Å²) in [5, 5.41) is 4.49. The standard InChI is InChI=1S/C20H17Cl2N3O2S/c1-12-16(22)6-3-7-17(12)24-18(26)9-15-10-19(27)25-20(23-15)28-11-13-4-2-5-14(21)8-13/h2-8,10H,9,11H2,1H3,(H,24,26)(H,23,25,27). The number of hydrogen-bond acceptors (Lipinski definition) is 4. The summed E-state index contributed by atoms with van der Waals surface area (Å²) in [5.74, 6) is 0.329. The van der Waals surface area contributed by atoms with Gasteiger partial charge in [0.25, 0.3) is 5.56 Å². The molecule has 0 spiro atoms. The van der Waals surface area contributed by atoms with E-state index in [4.69, 9.17) is 23.2 Å². The summed E-state index contributed by atoms with van der Waals surface area (Å²) in [7, 11) is 0. The van der Waals surface area contributed by atoms with Gasteiger partial charge in [-0.1, -0.05) is 53.2 Å². The lowest BCUT2D eigenvalue weighted by Gasteiger charge is -2.09. The van der Waals surface area contributed by atoms with Gasteiger partial charge in [-0.2, -0.15) is 0 Å². The van der Waals surface area contributed by atoms with E-state index in [0.29, 0.717) is 32.3 Å². The van der Waals surface area contributed by atoms with E-state index in [1.165, 1.54) is 17.8 Å². The number of nitrogens with zero attached hydrogens (tertiary/aromatic N) is 1. The van der Waals surface area contributed by atoms with E-state index >= 15 is 0 Å². The fourth-order valence-corrected chi connectivity index (χ4v) is 3.75. The molecule has 28 heavy (non-hydrogen) atoms. The molecule has 0 atom stereocenters. The second kappa shape index (κ2) is 9.28. The zero-order chi connectivity index (χ0) is 20.1. The minimum atomic E-state index is -0.301. The molecule has 0 aliphatic rings. The Hall–Kier alpha value is -2.28. The van der Waals surface area contributed by atoms with E-state index in [-0.39, 0.29) is 17.9 Å². The fraction of sp³-hybridized carbons (Fsp3) is 0.150. The number of aromatic nitrogens is 2. The van der Waals surface area contributed by atoms with Gasteiger partial charge in [-0.3, -0.25) is 9.59 Å². The van der Waals surface area contributed by atoms with Crippen molar-refractivity contribution in [1.82, 2.24) is 9.97 Å². The molecule has 0 saturated heterocycles. The highest BCUT2D eigenvalue weighted by atomic mass is 35.5. The molecule has 2 N–H and O–H groups in total. The molecule has 3 aromatic rings. The number of carbonyl (C=O) groups excluding carboxylic acids is 1. The maximum atomic E-state index is 12.4. The Bertz CT molecular complexity index is 1070. The minimum absolute atomic E-state index is 0.0133. The average molecular weight is 434 g/mol. The Kier molecular flexibility index (Phi) is 6.78. The van der Waals surface area contributed by atoms with E-state index in [2.05, 4.69) is 15.3 Å². The van der Waals surface area contributed by atoms with Gasteiger partial charge in [0.2, 0.25) is 5.91 Å². The maximum Gasteiger partial charge on any atom is 0.251 e. The second-order valence-electron chi connectivity index (χ2n) is 6.10. The van der Waals surface area contributed by atoms with E-state index in [9.17, 15) is 9.59 Å². The van der Waals surface area contributed by atoms with Crippen LogP contribution in [0.15, 0.2) is 58.5 Å². The van der Waals surface area contributed by atoms with Gasteiger partial charge in [0.1, 0.15) is 0 Å². The van der Waals surface area contributed by atoms with Crippen molar-refractivity contribution < 1.29 is 4.79 Å². The summed E-state index contributed by atoms with van der Waals surface area (Å²) < 4.78 is 0. The first kappa shape index (κ1) is 20.5. The normalized spacial score (nSPS) is 10.7. The number of aromatic amines is 1. The molecule has 0 aliphatic heterocycles. The van der Waals surface area contributed by atoms with Gasteiger partial charge in [-0.15, -0.1) is 0 Å². The number of rotatable bonds is 6. The number of benzene rings is 2. The molecule has 0 radical (unpaired) electrons. The van der Waals surface area contributed by atoms with Gasteiger partial charge < -0.3 is 10.3 Å². The fourth-order valence-electron chi connectivity index (χ4n) is 2.52. The third-order valence-corrected chi connectivity index (χ3v) is 5.51. The molecular formula is C20H17Cl2N3O2S. The summed E-state index contributed by atoms with van der Waals surface area (Å²) in [4.78, 5) is 31.4. The van der Waals surface area contributed by atoms with Crippen molar-refractivity contribution in [2.45, 2.75) is 24.3 Å². The lowest BCUT2D eigenvalue weighted by Crippen LogP contribution is -2.18. The highest BCUT2D eigenvalue weighted by Gasteiger charge is 2.11. The number of anilines is 1. The SMILES string of the molecule is Cc1c(Cl)cccc1NC(=O)Cc1cc(=O)[nH]c(SCc2cccc(Cl)c2)n1. The van der Waals surface area contributed by atoms with Crippen LogP contribution in [0.4, 0.5) is 5.69 Å². The molecule has 0 bridgehead atoms. The lowest BCUT2D eigenvalue weighted by atomic mass is 10.2. The van der Waals surface area contributed by atoms with Crippen molar-refractivity contribution in [2.24, 2.45) is 0 Å². The molecule has 144 valence electrons. The smallest absolute Gasteiger partial charge is 0.251 e. The summed E-state index contributed by atoms with van der Waals surface area (Å²) in [6.45, 7) is 1.83. The maximum absolute atomic E-state index is 12.4. The molecule has 1 amide bonds. The third kappa shape index (κ3) is 5.61. The number of halogens is 2. The Balaban J connectivity index is 1.68. The second-order valence-corrected chi connectivity index (χ2v) is 7.91. The van der Waals surface area contributed by atoms with E-state index < -0.39 is 0 Å². The predicted molar refractivity (Wildman–Crippen MR) is 114 cm³/mol. The van der Waals surface area contributed by atoms with Crippen LogP contribution in [0.3, 0.4) is 0 Å². The summed E-state index contributed by atoms with van der Waals surface area (Å²) in [5.41, 5.74) is 2.53. The molecule has 0 aliphatic carbocycles. The van der Waals surface area contributed by atoms with Crippen molar-refractivity contribution in [3.05, 3.63) is 85.8 Å². The van der Waals surface area contributed by atoms with Crippen LogP contribution in [0.2, 0.25) is 10.0 Å². The Morgan fingerprint density at radius 1 is 1.18 bits per heavy atom. The van der Waals surface area contributed by atoms with Crippen molar-refractivity contribution in [1.29, 1.82) is 0 Å². The number of thioether (sulfide) groups is 1. The lowest BCUT2D eigenvalue weighted by molar-refractivity contribution is -0.115. The van der Waals surface area contributed by atoms with Crippen molar-refractivity contribution in [2.75, 3.05) is 5.32 Å². The number of amides is 1.